The molecule has 0 bridgehead atoms. The van der Waals surface area contributed by atoms with Gasteiger partial charge in [-0.25, -0.2) is 4.98 Å². The highest BCUT2D eigenvalue weighted by molar-refractivity contribution is 7.98. The second-order valence-electron chi connectivity index (χ2n) is 6.61. The largest absolute Gasteiger partial charge is 0.388 e. The molecule has 0 radical (unpaired) electrons. The summed E-state index contributed by atoms with van der Waals surface area (Å²) in [6.45, 7) is 2.43. The number of pyridine rings is 1. The van der Waals surface area contributed by atoms with Crippen LogP contribution >= 0.6 is 23.1 Å². The predicted molar refractivity (Wildman–Crippen MR) is 103 cm³/mol. The van der Waals surface area contributed by atoms with Crippen molar-refractivity contribution >= 4 is 29.0 Å². The summed E-state index contributed by atoms with van der Waals surface area (Å²) in [7, 11) is 0. The lowest BCUT2D eigenvalue weighted by atomic mass is 9.84. The number of thiophene rings is 1. The van der Waals surface area contributed by atoms with Crippen molar-refractivity contribution in [1.82, 2.24) is 10.3 Å². The highest BCUT2D eigenvalue weighted by Gasteiger charge is 2.37. The number of aliphatic hydroxyl groups is 1. The molecule has 134 valence electrons. The lowest BCUT2D eigenvalue weighted by Crippen LogP contribution is -2.38. The van der Waals surface area contributed by atoms with E-state index in [1.165, 1.54) is 29.5 Å². The minimum atomic E-state index is -0.439. The van der Waals surface area contributed by atoms with Gasteiger partial charge in [0.15, 0.2) is 0 Å². The molecule has 1 fully saturated rings. The summed E-state index contributed by atoms with van der Waals surface area (Å²) in [5.74, 6) is -0.0592. The van der Waals surface area contributed by atoms with Crippen LogP contribution in [0.25, 0.3) is 0 Å². The zero-order valence-corrected chi connectivity index (χ0v) is 16.3. The quantitative estimate of drug-likeness (QED) is 0.743. The first kappa shape index (κ1) is 18.4. The molecule has 1 saturated carbocycles. The van der Waals surface area contributed by atoms with Crippen molar-refractivity contribution in [2.45, 2.75) is 49.2 Å². The second kappa shape index (κ2) is 7.89. The van der Waals surface area contributed by atoms with Gasteiger partial charge in [-0.15, -0.1) is 23.1 Å². The van der Waals surface area contributed by atoms with Crippen molar-refractivity contribution in [2.24, 2.45) is 0 Å². The molecule has 1 unspecified atom stereocenters. The average Bonchev–Trinajstić information content (AvgIpc) is 3.29. The van der Waals surface area contributed by atoms with Gasteiger partial charge in [0.2, 0.25) is 0 Å². The Balaban J connectivity index is 1.77. The number of rotatable bonds is 6. The van der Waals surface area contributed by atoms with Gasteiger partial charge in [0, 0.05) is 27.9 Å². The second-order valence-corrected chi connectivity index (χ2v) is 8.52. The van der Waals surface area contributed by atoms with Gasteiger partial charge >= 0.3 is 0 Å². The Morgan fingerprint density at radius 3 is 2.80 bits per heavy atom. The van der Waals surface area contributed by atoms with Crippen LogP contribution in [0.5, 0.6) is 0 Å². The summed E-state index contributed by atoms with van der Waals surface area (Å²) in [6, 6.07) is 7.77. The smallest absolute Gasteiger partial charge is 0.254 e. The minimum Gasteiger partial charge on any atom is -0.388 e. The molecule has 0 spiro atoms. The number of nitrogens with one attached hydrogen (secondary N) is 1. The van der Waals surface area contributed by atoms with E-state index in [1.807, 2.05) is 18.4 Å². The van der Waals surface area contributed by atoms with Gasteiger partial charge in [0.05, 0.1) is 11.7 Å². The van der Waals surface area contributed by atoms with Gasteiger partial charge in [-0.3, -0.25) is 4.79 Å². The average molecular weight is 377 g/mol. The SMILES string of the molecule is CSc1ncccc1C(=O)NCC1(c2ccc(C(C)O)s2)CCCC1. The monoisotopic (exact) mass is 376 g/mol. The van der Waals surface area contributed by atoms with Crippen LogP contribution in [0, 0.1) is 0 Å². The van der Waals surface area contributed by atoms with Crippen molar-refractivity contribution < 1.29 is 9.90 Å². The van der Waals surface area contributed by atoms with E-state index >= 15 is 0 Å². The molecular weight excluding hydrogens is 352 g/mol. The van der Waals surface area contributed by atoms with E-state index in [0.29, 0.717) is 12.1 Å². The Kier molecular flexibility index (Phi) is 5.81. The van der Waals surface area contributed by atoms with E-state index in [1.54, 1.807) is 30.5 Å². The van der Waals surface area contributed by atoms with Crippen LogP contribution in [-0.2, 0) is 5.41 Å². The fourth-order valence-corrected chi connectivity index (χ4v) is 5.23. The minimum absolute atomic E-state index is 0.00477. The van der Waals surface area contributed by atoms with Crippen LogP contribution < -0.4 is 5.32 Å². The van der Waals surface area contributed by atoms with E-state index in [0.717, 1.165) is 22.7 Å². The number of carbonyl (C=O) groups excluding carboxylic acids is 1. The molecule has 1 aliphatic carbocycles. The molecule has 2 aromatic rings. The van der Waals surface area contributed by atoms with E-state index in [9.17, 15) is 9.90 Å². The topological polar surface area (TPSA) is 62.2 Å². The summed E-state index contributed by atoms with van der Waals surface area (Å²) in [6.07, 6.45) is 7.73. The number of nitrogens with zero attached hydrogens (tertiary/aromatic N) is 1. The standard InChI is InChI=1S/C19H24N2O2S2/c1-13(22)15-7-8-16(25-15)19(9-3-4-10-19)12-21-17(23)14-6-5-11-20-18(14)24-2/h5-8,11,13,22H,3-4,9-10,12H2,1-2H3,(H,21,23). The molecule has 0 saturated heterocycles. The van der Waals surface area contributed by atoms with E-state index in [4.69, 9.17) is 0 Å². The Labute approximate surface area is 157 Å². The maximum Gasteiger partial charge on any atom is 0.254 e. The van der Waals surface area contributed by atoms with Crippen LogP contribution in [0.4, 0.5) is 0 Å². The molecule has 2 N–H and O–H groups in total. The van der Waals surface area contributed by atoms with E-state index in [-0.39, 0.29) is 11.3 Å². The lowest BCUT2D eigenvalue weighted by molar-refractivity contribution is 0.0939. The van der Waals surface area contributed by atoms with Gasteiger partial charge in [-0.1, -0.05) is 12.8 Å². The fourth-order valence-electron chi connectivity index (χ4n) is 3.50. The summed E-state index contributed by atoms with van der Waals surface area (Å²) < 4.78 is 0. The molecule has 1 atom stereocenters. The number of aromatic nitrogens is 1. The van der Waals surface area contributed by atoms with Crippen LogP contribution in [0.1, 0.15) is 58.8 Å². The summed E-state index contributed by atoms with van der Waals surface area (Å²) in [4.78, 5) is 19.2. The van der Waals surface area contributed by atoms with Crippen molar-refractivity contribution in [1.29, 1.82) is 0 Å². The molecule has 0 aromatic carbocycles. The lowest BCUT2D eigenvalue weighted by Gasteiger charge is -2.28. The van der Waals surface area contributed by atoms with Gasteiger partial charge in [0.1, 0.15) is 5.03 Å². The Hall–Kier alpha value is -1.37. The van der Waals surface area contributed by atoms with E-state index in [2.05, 4.69) is 16.4 Å². The summed E-state index contributed by atoms with van der Waals surface area (Å²) in [5, 5.41) is 13.7. The first-order valence-corrected chi connectivity index (χ1v) is 10.7. The molecule has 1 amide bonds. The predicted octanol–water partition coefficient (Wildman–Crippen LogP) is 4.16. The maximum absolute atomic E-state index is 12.7. The van der Waals surface area contributed by atoms with Crippen LogP contribution in [0.3, 0.4) is 0 Å². The van der Waals surface area contributed by atoms with Gasteiger partial charge < -0.3 is 10.4 Å². The molecule has 3 rings (SSSR count). The molecule has 2 heterocycles. The fraction of sp³-hybridized carbons (Fsp3) is 0.474. The molecule has 25 heavy (non-hydrogen) atoms. The van der Waals surface area contributed by atoms with Crippen molar-refractivity contribution in [3.63, 3.8) is 0 Å². The molecule has 0 aliphatic heterocycles. The number of carbonyl (C=O) groups is 1. The van der Waals surface area contributed by atoms with Gasteiger partial charge in [-0.05, 0) is 50.3 Å². The Morgan fingerprint density at radius 2 is 2.16 bits per heavy atom. The third-order valence-corrected chi connectivity index (χ3v) is 7.13. The maximum atomic E-state index is 12.7. The molecule has 6 heteroatoms. The number of thioether (sulfide) groups is 1. The highest BCUT2D eigenvalue weighted by Crippen LogP contribution is 2.44. The van der Waals surface area contributed by atoms with Crippen molar-refractivity contribution in [2.75, 3.05) is 12.8 Å². The van der Waals surface area contributed by atoms with Crippen molar-refractivity contribution in [3.8, 4) is 0 Å². The van der Waals surface area contributed by atoms with Gasteiger partial charge in [0.25, 0.3) is 5.91 Å². The third kappa shape index (κ3) is 3.91. The number of amides is 1. The molecule has 2 aromatic heterocycles. The van der Waals surface area contributed by atoms with Crippen LogP contribution in [0.2, 0.25) is 0 Å². The number of hydrogen-bond acceptors (Lipinski definition) is 5. The highest BCUT2D eigenvalue weighted by atomic mass is 32.2. The molecule has 4 nitrogen and oxygen atoms in total. The number of hydrogen-bond donors (Lipinski definition) is 2. The van der Waals surface area contributed by atoms with Crippen molar-refractivity contribution in [3.05, 3.63) is 45.8 Å². The Bertz CT molecular complexity index is 737. The van der Waals surface area contributed by atoms with Crippen LogP contribution in [-0.4, -0.2) is 28.8 Å². The van der Waals surface area contributed by atoms with E-state index < -0.39 is 6.10 Å². The Morgan fingerprint density at radius 1 is 1.40 bits per heavy atom. The first-order valence-electron chi connectivity index (χ1n) is 8.61. The zero-order chi connectivity index (χ0) is 17.9. The first-order chi connectivity index (χ1) is 12.1. The number of aliphatic hydroxyl groups excluding tert-OH is 1. The van der Waals surface area contributed by atoms with Crippen LogP contribution in [0.15, 0.2) is 35.5 Å². The molecule has 1 aliphatic rings. The molecular formula is C19H24N2O2S2. The zero-order valence-electron chi connectivity index (χ0n) is 14.6. The summed E-state index contributed by atoms with van der Waals surface area (Å²) in [5.41, 5.74) is 0.633. The van der Waals surface area contributed by atoms with Gasteiger partial charge in [-0.2, -0.15) is 0 Å². The normalized spacial score (nSPS) is 17.4. The third-order valence-electron chi connectivity index (χ3n) is 4.92. The summed E-state index contributed by atoms with van der Waals surface area (Å²) >= 11 is 3.16.